The summed E-state index contributed by atoms with van der Waals surface area (Å²) in [5.41, 5.74) is 1.38. The van der Waals surface area contributed by atoms with Crippen LogP contribution in [0.4, 0.5) is 0 Å². The second kappa shape index (κ2) is 19.1. The lowest BCUT2D eigenvalue weighted by Crippen LogP contribution is -2.45. The van der Waals surface area contributed by atoms with Gasteiger partial charge >= 0.3 is 5.97 Å². The molecule has 1 aliphatic rings. The van der Waals surface area contributed by atoms with Gasteiger partial charge in [-0.25, -0.2) is 4.79 Å². The molecule has 0 bridgehead atoms. The Labute approximate surface area is 264 Å². The van der Waals surface area contributed by atoms with Gasteiger partial charge in [0, 0.05) is 30.8 Å². The first-order valence-electron chi connectivity index (χ1n) is 15.5. The third kappa shape index (κ3) is 11.7. The molecule has 0 saturated heterocycles. The molecule has 0 unspecified atom stereocenters. The van der Waals surface area contributed by atoms with Gasteiger partial charge in [0.15, 0.2) is 5.78 Å². The van der Waals surface area contributed by atoms with Gasteiger partial charge in [-0.15, -0.1) is 0 Å². The third-order valence-corrected chi connectivity index (χ3v) is 8.49. The normalized spacial score (nSPS) is 32.2. The highest BCUT2D eigenvalue weighted by atomic mass is 16.6. The minimum Gasteiger partial charge on any atom is -0.490 e. The molecule has 0 aliphatic carbocycles. The summed E-state index contributed by atoms with van der Waals surface area (Å²) >= 11 is 0. The van der Waals surface area contributed by atoms with E-state index in [4.69, 9.17) is 14.2 Å². The van der Waals surface area contributed by atoms with Crippen molar-refractivity contribution in [3.63, 3.8) is 0 Å². The van der Waals surface area contributed by atoms with Crippen molar-refractivity contribution in [3.05, 3.63) is 59.4 Å². The number of carbonyl (C=O) groups is 2. The molecule has 250 valence electrons. The molecule has 4 N–H and O–H groups in total. The molecule has 0 saturated carbocycles. The molecule has 0 aromatic heterocycles. The quantitative estimate of drug-likeness (QED) is 0.196. The summed E-state index contributed by atoms with van der Waals surface area (Å²) in [4.78, 5) is 26.4. The fourth-order valence-electron chi connectivity index (χ4n) is 5.42. The first-order chi connectivity index (χ1) is 20.6. The predicted octanol–water partition coefficient (Wildman–Crippen LogP) is 4.31. The van der Waals surface area contributed by atoms with Gasteiger partial charge < -0.3 is 34.6 Å². The van der Waals surface area contributed by atoms with E-state index in [-0.39, 0.29) is 41.8 Å². The van der Waals surface area contributed by atoms with Crippen molar-refractivity contribution in [2.24, 2.45) is 35.5 Å². The minimum absolute atomic E-state index is 0.0251. The van der Waals surface area contributed by atoms with Crippen LogP contribution in [-0.2, 0) is 23.8 Å². The number of aliphatic hydroxyl groups is 4. The molecule has 9 nitrogen and oxygen atoms in total. The zero-order valence-electron chi connectivity index (χ0n) is 28.1. The van der Waals surface area contributed by atoms with Crippen LogP contribution < -0.4 is 0 Å². The Morgan fingerprint density at radius 3 is 2.30 bits per heavy atom. The van der Waals surface area contributed by atoms with Crippen molar-refractivity contribution in [1.82, 2.24) is 0 Å². The van der Waals surface area contributed by atoms with Crippen molar-refractivity contribution in [2.45, 2.75) is 92.3 Å². The highest BCUT2D eigenvalue weighted by molar-refractivity contribution is 5.92. The van der Waals surface area contributed by atoms with Gasteiger partial charge in [0.25, 0.3) is 0 Å². The number of methoxy groups -OCH3 is 2. The Morgan fingerprint density at radius 1 is 1.11 bits per heavy atom. The van der Waals surface area contributed by atoms with E-state index in [0.29, 0.717) is 17.6 Å². The average Bonchev–Trinajstić information content (AvgIpc) is 2.99. The molecule has 1 aliphatic heterocycles. The fourth-order valence-corrected chi connectivity index (χ4v) is 5.42. The maximum Gasteiger partial charge on any atom is 0.373 e. The molecule has 44 heavy (non-hydrogen) atoms. The molecule has 1 rings (SSSR count). The predicted molar refractivity (Wildman–Crippen MR) is 171 cm³/mol. The number of cyclic esters (lactones) is 1. The SMILES string of the molecule is CO/C1=C/C(C)=C\[C@@H](C)[C@H](O)[C@@H](C)C/C(CO)=C\C=C/[C@H](OC)[C@@H]([C@@H](C)[C@@H](O)[C@H](C)C(=O)/C=C/[C@H](C)[C@H](O)C(C)C)OC1=O. The minimum atomic E-state index is -1.21. The van der Waals surface area contributed by atoms with Crippen LogP contribution in [0, 0.1) is 35.5 Å². The van der Waals surface area contributed by atoms with Crippen LogP contribution in [0.2, 0.25) is 0 Å². The average molecular weight is 621 g/mol. The Balaban J connectivity index is 3.51. The van der Waals surface area contributed by atoms with Gasteiger partial charge in [-0.3, -0.25) is 4.79 Å². The second-order valence-corrected chi connectivity index (χ2v) is 12.6. The first-order valence-corrected chi connectivity index (χ1v) is 15.5. The van der Waals surface area contributed by atoms with Crippen LogP contribution >= 0.6 is 0 Å². The van der Waals surface area contributed by atoms with Gasteiger partial charge in [-0.2, -0.15) is 0 Å². The molecule has 9 heteroatoms. The molecule has 0 aromatic rings. The van der Waals surface area contributed by atoms with Crippen molar-refractivity contribution in [1.29, 1.82) is 0 Å². The maximum atomic E-state index is 13.4. The monoisotopic (exact) mass is 620 g/mol. The van der Waals surface area contributed by atoms with E-state index in [1.807, 2.05) is 40.7 Å². The number of allylic oxidation sites excluding steroid dienone is 5. The second-order valence-electron chi connectivity index (χ2n) is 12.6. The Kier molecular flexibility index (Phi) is 17.1. The van der Waals surface area contributed by atoms with Gasteiger partial charge in [0.1, 0.15) is 12.2 Å². The molecule has 1 heterocycles. The van der Waals surface area contributed by atoms with Crippen molar-refractivity contribution in [2.75, 3.05) is 20.8 Å². The van der Waals surface area contributed by atoms with E-state index < -0.39 is 48.3 Å². The van der Waals surface area contributed by atoms with Gasteiger partial charge in [0.2, 0.25) is 5.76 Å². The molecule has 0 amide bonds. The summed E-state index contributed by atoms with van der Waals surface area (Å²) in [6.45, 7) is 14.3. The first kappa shape index (κ1) is 39.5. The summed E-state index contributed by atoms with van der Waals surface area (Å²) in [6.07, 6.45) is 7.57. The van der Waals surface area contributed by atoms with Crippen molar-refractivity contribution < 1.29 is 44.2 Å². The van der Waals surface area contributed by atoms with E-state index in [1.165, 1.54) is 26.4 Å². The van der Waals surface area contributed by atoms with Crippen molar-refractivity contribution >= 4 is 11.8 Å². The molecule has 0 fully saturated rings. The zero-order valence-corrected chi connectivity index (χ0v) is 28.1. The molecular weight excluding hydrogens is 564 g/mol. The summed E-state index contributed by atoms with van der Waals surface area (Å²) in [7, 11) is 2.80. The van der Waals surface area contributed by atoms with Gasteiger partial charge in [0.05, 0.1) is 32.0 Å². The number of rotatable bonds is 11. The van der Waals surface area contributed by atoms with Gasteiger partial charge in [-0.05, 0) is 42.9 Å². The smallest absolute Gasteiger partial charge is 0.373 e. The standard InChI is InChI=1S/C35H56O9/c1-20(2)31(38)22(4)14-15-28(37)25(7)33(40)26(8)34-29(42-9)13-11-12-27(19-36)18-24(6)32(39)23(5)16-21(3)17-30(43-10)35(41)44-34/h11-17,20,22-26,29,31-34,36,38-40H,18-19H2,1-10H3/b13-11-,15-14+,21-16-,27-12+,30-17+/t22-,23+,24-,25+,26-,29-,31+,32-,33-,34+/m0/s1. The summed E-state index contributed by atoms with van der Waals surface area (Å²) < 4.78 is 17.0. The summed E-state index contributed by atoms with van der Waals surface area (Å²) in [5, 5.41) is 42.5. The number of esters is 1. The number of aliphatic hydroxyl groups excluding tert-OH is 4. The third-order valence-electron chi connectivity index (χ3n) is 8.49. The van der Waals surface area contributed by atoms with Crippen LogP contribution in [0.15, 0.2) is 59.4 Å². The van der Waals surface area contributed by atoms with Crippen LogP contribution in [0.25, 0.3) is 0 Å². The Hall–Kier alpha value is -2.56. The number of ketones is 1. The number of carbonyl (C=O) groups excluding carboxylic acids is 2. The molecule has 0 spiro atoms. The number of ether oxygens (including phenoxy) is 3. The van der Waals surface area contributed by atoms with E-state index in [9.17, 15) is 30.0 Å². The van der Waals surface area contributed by atoms with E-state index in [1.54, 1.807) is 45.1 Å². The lowest BCUT2D eigenvalue weighted by atomic mass is 9.84. The summed E-state index contributed by atoms with van der Waals surface area (Å²) in [6, 6.07) is 0. The fraction of sp³-hybridized carbons (Fsp3) is 0.657. The largest absolute Gasteiger partial charge is 0.490 e. The van der Waals surface area contributed by atoms with Crippen LogP contribution in [-0.4, -0.2) is 83.5 Å². The lowest BCUT2D eigenvalue weighted by molar-refractivity contribution is -0.162. The lowest BCUT2D eigenvalue weighted by Gasteiger charge is -2.33. The highest BCUT2D eigenvalue weighted by Gasteiger charge is 2.38. The van der Waals surface area contributed by atoms with E-state index >= 15 is 0 Å². The zero-order chi connectivity index (χ0) is 33.7. The summed E-state index contributed by atoms with van der Waals surface area (Å²) in [5.74, 6) is -3.41. The molecule has 10 atom stereocenters. The van der Waals surface area contributed by atoms with E-state index in [0.717, 1.165) is 0 Å². The Morgan fingerprint density at radius 2 is 1.75 bits per heavy atom. The van der Waals surface area contributed by atoms with Crippen LogP contribution in [0.1, 0.15) is 61.8 Å². The van der Waals surface area contributed by atoms with Crippen molar-refractivity contribution in [3.8, 4) is 0 Å². The maximum absolute atomic E-state index is 13.4. The van der Waals surface area contributed by atoms with E-state index in [2.05, 4.69) is 0 Å². The number of hydrogen-bond acceptors (Lipinski definition) is 9. The highest BCUT2D eigenvalue weighted by Crippen LogP contribution is 2.27. The van der Waals surface area contributed by atoms with Gasteiger partial charge in [-0.1, -0.05) is 84.4 Å². The topological polar surface area (TPSA) is 143 Å². The molecular formula is C35H56O9. The Bertz CT molecular complexity index is 1070. The van der Waals surface area contributed by atoms with Crippen LogP contribution in [0.5, 0.6) is 0 Å². The molecule has 0 radical (unpaired) electrons. The number of hydrogen-bond donors (Lipinski definition) is 4. The molecule has 0 aromatic carbocycles. The van der Waals surface area contributed by atoms with Crippen LogP contribution in [0.3, 0.4) is 0 Å².